The molecule has 0 spiro atoms. The summed E-state index contributed by atoms with van der Waals surface area (Å²) in [7, 11) is 1.63. The summed E-state index contributed by atoms with van der Waals surface area (Å²) in [6.45, 7) is 2.52. The number of hydrogen-bond acceptors (Lipinski definition) is 6. The zero-order valence-electron chi connectivity index (χ0n) is 18.4. The molecule has 2 aromatic rings. The number of carbonyl (C=O) groups is 2. The molecular weight excluding hydrogens is 410 g/mol. The van der Waals surface area contributed by atoms with E-state index in [0.717, 1.165) is 31.6 Å². The predicted molar refractivity (Wildman–Crippen MR) is 123 cm³/mol. The Morgan fingerprint density at radius 3 is 2.69 bits per heavy atom. The Kier molecular flexibility index (Phi) is 9.34. The summed E-state index contributed by atoms with van der Waals surface area (Å²) in [6.07, 6.45) is 2.95. The van der Waals surface area contributed by atoms with Gasteiger partial charge in [-0.15, -0.1) is 0 Å². The van der Waals surface area contributed by atoms with Crippen LogP contribution in [-0.2, 0) is 14.3 Å². The number of ether oxygens (including phenoxy) is 3. The Morgan fingerprint density at radius 1 is 1.12 bits per heavy atom. The summed E-state index contributed by atoms with van der Waals surface area (Å²) < 4.78 is 16.4. The first-order chi connectivity index (χ1) is 15.7. The summed E-state index contributed by atoms with van der Waals surface area (Å²) in [6, 6.07) is 14.3. The van der Waals surface area contributed by atoms with Gasteiger partial charge in [0.05, 0.1) is 18.3 Å². The molecular formula is C24H31N3O5. The molecule has 0 saturated carbocycles. The molecule has 0 radical (unpaired) electrons. The van der Waals surface area contributed by atoms with Crippen LogP contribution in [0.25, 0.3) is 0 Å². The lowest BCUT2D eigenvalue weighted by Crippen LogP contribution is -2.25. The second kappa shape index (κ2) is 12.7. The highest BCUT2D eigenvalue weighted by molar-refractivity contribution is 5.96. The van der Waals surface area contributed by atoms with Gasteiger partial charge in [0, 0.05) is 38.1 Å². The molecule has 0 bridgehead atoms. The minimum absolute atomic E-state index is 0.0854. The first-order valence-electron chi connectivity index (χ1n) is 10.9. The first-order valence-corrected chi connectivity index (χ1v) is 10.9. The van der Waals surface area contributed by atoms with Crippen LogP contribution in [0.3, 0.4) is 0 Å². The van der Waals surface area contributed by atoms with E-state index < -0.39 is 0 Å². The number of amides is 2. The molecule has 1 atom stereocenters. The molecule has 1 fully saturated rings. The van der Waals surface area contributed by atoms with Crippen molar-refractivity contribution < 1.29 is 23.8 Å². The second-order valence-corrected chi connectivity index (χ2v) is 7.52. The lowest BCUT2D eigenvalue weighted by Gasteiger charge is -2.15. The topological polar surface area (TPSA) is 97.9 Å². The van der Waals surface area contributed by atoms with Gasteiger partial charge in [-0.2, -0.15) is 0 Å². The maximum absolute atomic E-state index is 12.4. The third-order valence-corrected chi connectivity index (χ3v) is 5.02. The van der Waals surface area contributed by atoms with Gasteiger partial charge in [-0.3, -0.25) is 9.59 Å². The van der Waals surface area contributed by atoms with Crippen molar-refractivity contribution in [2.24, 2.45) is 0 Å². The van der Waals surface area contributed by atoms with Gasteiger partial charge >= 0.3 is 0 Å². The smallest absolute Gasteiger partial charge is 0.251 e. The molecule has 8 nitrogen and oxygen atoms in total. The van der Waals surface area contributed by atoms with Crippen LogP contribution in [0.2, 0.25) is 0 Å². The van der Waals surface area contributed by atoms with Crippen LogP contribution in [0.4, 0.5) is 11.4 Å². The standard InChI is InChI=1S/C24H31N3O5/c1-30-14-5-13-25-24(29)18-9-11-19(12-10-18)27-23(28)16-26-21-7-2-3-8-22(21)32-17-20-6-4-15-31-20/h2-3,7-12,20,26H,4-6,13-17H2,1H3,(H,25,29)(H,27,28). The molecule has 1 saturated heterocycles. The lowest BCUT2D eigenvalue weighted by molar-refractivity contribution is -0.114. The molecule has 1 aliphatic rings. The van der Waals surface area contributed by atoms with Crippen LogP contribution < -0.4 is 20.7 Å². The van der Waals surface area contributed by atoms with Gasteiger partial charge in [-0.25, -0.2) is 0 Å². The summed E-state index contributed by atoms with van der Waals surface area (Å²) in [5, 5.41) is 8.77. The van der Waals surface area contributed by atoms with Crippen molar-refractivity contribution in [3.63, 3.8) is 0 Å². The second-order valence-electron chi connectivity index (χ2n) is 7.52. The molecule has 1 heterocycles. The van der Waals surface area contributed by atoms with Crippen LogP contribution in [0, 0.1) is 0 Å². The van der Waals surface area contributed by atoms with Crippen LogP contribution in [0.5, 0.6) is 5.75 Å². The maximum atomic E-state index is 12.4. The van der Waals surface area contributed by atoms with E-state index in [0.29, 0.717) is 36.8 Å². The minimum Gasteiger partial charge on any atom is -0.489 e. The van der Waals surface area contributed by atoms with E-state index >= 15 is 0 Å². The van der Waals surface area contributed by atoms with E-state index in [4.69, 9.17) is 14.2 Å². The highest BCUT2D eigenvalue weighted by Gasteiger charge is 2.17. The van der Waals surface area contributed by atoms with E-state index in [1.54, 1.807) is 31.4 Å². The zero-order chi connectivity index (χ0) is 22.6. The normalized spacial score (nSPS) is 15.2. The van der Waals surface area contributed by atoms with Gasteiger partial charge in [0.15, 0.2) is 0 Å². The largest absolute Gasteiger partial charge is 0.489 e. The summed E-state index contributed by atoms with van der Waals surface area (Å²) >= 11 is 0. The average Bonchev–Trinajstić information content (AvgIpc) is 3.34. The third-order valence-electron chi connectivity index (χ3n) is 5.02. The van der Waals surface area contributed by atoms with Crippen molar-refractivity contribution in [3.8, 4) is 5.75 Å². The average molecular weight is 442 g/mol. The van der Waals surface area contributed by atoms with Crippen LogP contribution in [-0.4, -0.2) is 57.9 Å². The van der Waals surface area contributed by atoms with Crippen LogP contribution in [0.1, 0.15) is 29.6 Å². The molecule has 1 unspecified atom stereocenters. The summed E-state index contributed by atoms with van der Waals surface area (Å²) in [5.41, 5.74) is 1.91. The molecule has 2 amide bonds. The van der Waals surface area contributed by atoms with Crippen molar-refractivity contribution >= 4 is 23.2 Å². The Balaban J connectivity index is 1.44. The maximum Gasteiger partial charge on any atom is 0.251 e. The first kappa shape index (κ1) is 23.6. The molecule has 8 heteroatoms. The zero-order valence-corrected chi connectivity index (χ0v) is 18.4. The number of carbonyl (C=O) groups excluding carboxylic acids is 2. The van der Waals surface area contributed by atoms with E-state index in [2.05, 4.69) is 16.0 Å². The van der Waals surface area contributed by atoms with Crippen molar-refractivity contribution in [1.82, 2.24) is 5.32 Å². The van der Waals surface area contributed by atoms with Gasteiger partial charge in [0.25, 0.3) is 5.91 Å². The molecule has 172 valence electrons. The Morgan fingerprint density at radius 2 is 1.94 bits per heavy atom. The molecule has 0 aromatic heterocycles. The highest BCUT2D eigenvalue weighted by atomic mass is 16.5. The minimum atomic E-state index is -0.198. The number of anilines is 2. The quantitative estimate of drug-likeness (QED) is 0.438. The van der Waals surface area contributed by atoms with Gasteiger partial charge in [-0.05, 0) is 55.7 Å². The number of benzene rings is 2. The molecule has 3 rings (SSSR count). The van der Waals surface area contributed by atoms with Crippen molar-refractivity contribution in [2.45, 2.75) is 25.4 Å². The third kappa shape index (κ3) is 7.55. The predicted octanol–water partition coefficient (Wildman–Crippen LogP) is 3.06. The Hall–Kier alpha value is -3.10. The Labute approximate surface area is 188 Å². The number of nitrogens with one attached hydrogen (secondary N) is 3. The lowest BCUT2D eigenvalue weighted by atomic mass is 10.2. The number of methoxy groups -OCH3 is 1. The molecule has 3 N–H and O–H groups in total. The fourth-order valence-electron chi connectivity index (χ4n) is 3.30. The number of para-hydroxylation sites is 2. The number of rotatable bonds is 12. The molecule has 0 aliphatic carbocycles. The summed E-state index contributed by atoms with van der Waals surface area (Å²) in [4.78, 5) is 24.5. The highest BCUT2D eigenvalue weighted by Crippen LogP contribution is 2.25. The van der Waals surface area contributed by atoms with E-state index in [1.165, 1.54) is 0 Å². The van der Waals surface area contributed by atoms with E-state index in [9.17, 15) is 9.59 Å². The molecule has 32 heavy (non-hydrogen) atoms. The number of hydrogen-bond donors (Lipinski definition) is 3. The fourth-order valence-corrected chi connectivity index (χ4v) is 3.30. The van der Waals surface area contributed by atoms with Crippen molar-refractivity contribution in [3.05, 3.63) is 54.1 Å². The van der Waals surface area contributed by atoms with Gasteiger partial charge < -0.3 is 30.2 Å². The van der Waals surface area contributed by atoms with Gasteiger partial charge in [0.2, 0.25) is 5.91 Å². The van der Waals surface area contributed by atoms with Crippen LogP contribution >= 0.6 is 0 Å². The van der Waals surface area contributed by atoms with E-state index in [1.807, 2.05) is 24.3 Å². The van der Waals surface area contributed by atoms with Crippen molar-refractivity contribution in [2.75, 3.05) is 50.7 Å². The summed E-state index contributed by atoms with van der Waals surface area (Å²) in [5.74, 6) is 0.340. The monoisotopic (exact) mass is 441 g/mol. The fraction of sp³-hybridized carbons (Fsp3) is 0.417. The van der Waals surface area contributed by atoms with Crippen LogP contribution in [0.15, 0.2) is 48.5 Å². The molecule has 2 aromatic carbocycles. The Bertz CT molecular complexity index is 866. The van der Waals surface area contributed by atoms with Gasteiger partial charge in [-0.1, -0.05) is 12.1 Å². The SMILES string of the molecule is COCCCNC(=O)c1ccc(NC(=O)CNc2ccccc2OCC2CCCO2)cc1. The van der Waals surface area contributed by atoms with E-state index in [-0.39, 0.29) is 24.5 Å². The van der Waals surface area contributed by atoms with Crippen molar-refractivity contribution in [1.29, 1.82) is 0 Å². The van der Waals surface area contributed by atoms with Gasteiger partial charge in [0.1, 0.15) is 12.4 Å². The molecule has 1 aliphatic heterocycles.